The molecule has 2 aromatic carbocycles. The highest BCUT2D eigenvalue weighted by Crippen LogP contribution is 2.10. The molecule has 0 fully saturated rings. The minimum Gasteiger partial charge on any atom is -0.481 e. The van der Waals surface area contributed by atoms with Crippen molar-refractivity contribution in [3.8, 4) is 0 Å². The lowest BCUT2D eigenvalue weighted by molar-refractivity contribution is -0.137. The number of carboxylic acids is 1. The van der Waals surface area contributed by atoms with Crippen molar-refractivity contribution in [3.05, 3.63) is 71.8 Å². The first-order valence-electron chi connectivity index (χ1n) is 9.26. The highest BCUT2D eigenvalue weighted by atomic mass is 16.4. The number of rotatable bonds is 10. The minimum atomic E-state index is -0.850. The molecule has 27 heavy (non-hydrogen) atoms. The predicted octanol–water partition coefficient (Wildman–Crippen LogP) is 3.10. The largest absolute Gasteiger partial charge is 0.481 e. The summed E-state index contributed by atoms with van der Waals surface area (Å²) < 4.78 is 0. The van der Waals surface area contributed by atoms with Gasteiger partial charge in [0.15, 0.2) is 0 Å². The van der Waals surface area contributed by atoms with Crippen molar-refractivity contribution in [3.63, 3.8) is 0 Å². The summed E-state index contributed by atoms with van der Waals surface area (Å²) in [6.45, 7) is 2.54. The fourth-order valence-corrected chi connectivity index (χ4v) is 2.95. The van der Waals surface area contributed by atoms with Gasteiger partial charge in [0.1, 0.15) is 0 Å². The SMILES string of the molecule is CC(C(=O)NC(CCC(=O)O)Cc1ccccc1)N(C)Cc1ccccc1. The van der Waals surface area contributed by atoms with E-state index in [1.807, 2.05) is 79.5 Å². The zero-order chi connectivity index (χ0) is 19.6. The molecule has 144 valence electrons. The van der Waals surface area contributed by atoms with Crippen molar-refractivity contribution in [2.45, 2.75) is 44.8 Å². The molecule has 0 saturated carbocycles. The second-order valence-corrected chi connectivity index (χ2v) is 6.90. The first kappa shape index (κ1) is 20.6. The highest BCUT2D eigenvalue weighted by molar-refractivity contribution is 5.81. The van der Waals surface area contributed by atoms with E-state index in [2.05, 4.69) is 5.32 Å². The molecule has 2 atom stereocenters. The van der Waals surface area contributed by atoms with Crippen LogP contribution in [0.4, 0.5) is 0 Å². The molecule has 0 bridgehead atoms. The minimum absolute atomic E-state index is 0.0337. The summed E-state index contributed by atoms with van der Waals surface area (Å²) in [4.78, 5) is 25.7. The Morgan fingerprint density at radius 3 is 2.11 bits per heavy atom. The van der Waals surface area contributed by atoms with Gasteiger partial charge in [0.25, 0.3) is 0 Å². The molecule has 2 aromatic rings. The second kappa shape index (κ2) is 10.5. The van der Waals surface area contributed by atoms with Gasteiger partial charge in [-0.05, 0) is 37.9 Å². The number of aliphatic carboxylic acids is 1. The van der Waals surface area contributed by atoms with Crippen molar-refractivity contribution in [1.82, 2.24) is 10.2 Å². The van der Waals surface area contributed by atoms with Gasteiger partial charge in [0, 0.05) is 19.0 Å². The lowest BCUT2D eigenvalue weighted by Gasteiger charge is -2.27. The molecule has 0 aliphatic heterocycles. The van der Waals surface area contributed by atoms with Crippen molar-refractivity contribution < 1.29 is 14.7 Å². The fraction of sp³-hybridized carbons (Fsp3) is 0.364. The number of amides is 1. The summed E-state index contributed by atoms with van der Waals surface area (Å²) in [5.41, 5.74) is 2.23. The van der Waals surface area contributed by atoms with Crippen molar-refractivity contribution in [2.75, 3.05) is 7.05 Å². The van der Waals surface area contributed by atoms with Gasteiger partial charge in [-0.1, -0.05) is 60.7 Å². The average molecular weight is 368 g/mol. The molecule has 1 amide bonds. The second-order valence-electron chi connectivity index (χ2n) is 6.90. The molecule has 0 aliphatic carbocycles. The first-order valence-corrected chi connectivity index (χ1v) is 9.26. The number of nitrogens with one attached hydrogen (secondary N) is 1. The normalized spacial score (nSPS) is 13.1. The summed E-state index contributed by atoms with van der Waals surface area (Å²) >= 11 is 0. The fourth-order valence-electron chi connectivity index (χ4n) is 2.95. The number of carbonyl (C=O) groups is 2. The number of carbonyl (C=O) groups excluding carboxylic acids is 1. The van der Waals surface area contributed by atoms with Crippen LogP contribution in [0.2, 0.25) is 0 Å². The van der Waals surface area contributed by atoms with Gasteiger partial charge in [-0.15, -0.1) is 0 Å². The Hall–Kier alpha value is -2.66. The average Bonchev–Trinajstić information content (AvgIpc) is 2.67. The van der Waals surface area contributed by atoms with Crippen molar-refractivity contribution >= 4 is 11.9 Å². The number of hydrogen-bond donors (Lipinski definition) is 2. The van der Waals surface area contributed by atoms with Gasteiger partial charge in [-0.2, -0.15) is 0 Å². The standard InChI is InChI=1S/C22H28N2O3/c1-17(24(2)16-19-11-7-4-8-12-19)22(27)23-20(13-14-21(25)26)15-18-9-5-3-6-10-18/h3-12,17,20H,13-16H2,1-2H3,(H,23,27)(H,25,26). The monoisotopic (exact) mass is 368 g/mol. The van der Waals surface area contributed by atoms with E-state index in [-0.39, 0.29) is 24.4 Å². The Bertz CT molecular complexity index is 719. The zero-order valence-electron chi connectivity index (χ0n) is 16.0. The summed E-state index contributed by atoms with van der Waals surface area (Å²) in [5, 5.41) is 12.0. The maximum Gasteiger partial charge on any atom is 0.303 e. The van der Waals surface area contributed by atoms with Crippen LogP contribution in [0.5, 0.6) is 0 Å². The van der Waals surface area contributed by atoms with Crippen LogP contribution in [-0.2, 0) is 22.6 Å². The van der Waals surface area contributed by atoms with E-state index in [1.54, 1.807) is 0 Å². The van der Waals surface area contributed by atoms with Gasteiger partial charge in [-0.3, -0.25) is 14.5 Å². The number of benzene rings is 2. The molecule has 2 rings (SSSR count). The van der Waals surface area contributed by atoms with Crippen LogP contribution in [0, 0.1) is 0 Å². The van der Waals surface area contributed by atoms with Crippen LogP contribution >= 0.6 is 0 Å². The molecule has 0 saturated heterocycles. The van der Waals surface area contributed by atoms with E-state index in [1.165, 1.54) is 0 Å². The van der Waals surface area contributed by atoms with Crippen molar-refractivity contribution in [2.24, 2.45) is 0 Å². The topological polar surface area (TPSA) is 69.6 Å². The Labute approximate surface area is 161 Å². The Morgan fingerprint density at radius 2 is 1.56 bits per heavy atom. The summed E-state index contributed by atoms with van der Waals surface area (Å²) in [7, 11) is 1.92. The molecular weight excluding hydrogens is 340 g/mol. The molecule has 5 heteroatoms. The number of nitrogens with zero attached hydrogens (tertiary/aromatic N) is 1. The smallest absolute Gasteiger partial charge is 0.303 e. The van der Waals surface area contributed by atoms with Crippen LogP contribution in [0.3, 0.4) is 0 Å². The predicted molar refractivity (Wildman–Crippen MR) is 106 cm³/mol. The van der Waals surface area contributed by atoms with Gasteiger partial charge in [0.2, 0.25) is 5.91 Å². The molecule has 2 unspecified atom stereocenters. The third-order valence-corrected chi connectivity index (χ3v) is 4.69. The molecule has 0 radical (unpaired) electrons. The van der Waals surface area contributed by atoms with E-state index in [0.717, 1.165) is 11.1 Å². The van der Waals surface area contributed by atoms with Crippen molar-refractivity contribution in [1.29, 1.82) is 0 Å². The van der Waals surface area contributed by atoms with Gasteiger partial charge in [0.05, 0.1) is 6.04 Å². The Balaban J connectivity index is 1.96. The van der Waals surface area contributed by atoms with E-state index in [9.17, 15) is 9.59 Å². The quantitative estimate of drug-likeness (QED) is 0.676. The molecule has 5 nitrogen and oxygen atoms in total. The van der Waals surface area contributed by atoms with Crippen LogP contribution in [0.15, 0.2) is 60.7 Å². The molecule has 2 N–H and O–H groups in total. The molecule has 0 aromatic heterocycles. The lowest BCUT2D eigenvalue weighted by atomic mass is 10.0. The van der Waals surface area contributed by atoms with E-state index in [0.29, 0.717) is 19.4 Å². The van der Waals surface area contributed by atoms with E-state index in [4.69, 9.17) is 5.11 Å². The van der Waals surface area contributed by atoms with Gasteiger partial charge in [-0.25, -0.2) is 0 Å². The molecule has 0 spiro atoms. The van der Waals surface area contributed by atoms with Crippen LogP contribution in [0.25, 0.3) is 0 Å². The maximum atomic E-state index is 12.7. The summed E-state index contributed by atoms with van der Waals surface area (Å²) in [6.07, 6.45) is 1.06. The summed E-state index contributed by atoms with van der Waals surface area (Å²) in [6, 6.07) is 19.3. The number of likely N-dealkylation sites (N-methyl/N-ethyl adjacent to an activating group) is 1. The Kier molecular flexibility index (Phi) is 8.01. The van der Waals surface area contributed by atoms with Crippen LogP contribution < -0.4 is 5.32 Å². The highest BCUT2D eigenvalue weighted by Gasteiger charge is 2.22. The lowest BCUT2D eigenvalue weighted by Crippen LogP contribution is -2.47. The Morgan fingerprint density at radius 1 is 1.00 bits per heavy atom. The van der Waals surface area contributed by atoms with Gasteiger partial charge < -0.3 is 10.4 Å². The van der Waals surface area contributed by atoms with Gasteiger partial charge >= 0.3 is 5.97 Å². The maximum absolute atomic E-state index is 12.7. The van der Waals surface area contributed by atoms with Crippen LogP contribution in [-0.4, -0.2) is 41.0 Å². The first-order chi connectivity index (χ1) is 13.0. The summed E-state index contributed by atoms with van der Waals surface area (Å²) in [5.74, 6) is -0.934. The van der Waals surface area contributed by atoms with Crippen LogP contribution in [0.1, 0.15) is 30.9 Å². The number of hydrogen-bond acceptors (Lipinski definition) is 3. The molecular formula is C22H28N2O3. The molecule has 0 aliphatic rings. The van der Waals surface area contributed by atoms with E-state index >= 15 is 0 Å². The number of carboxylic acid groups (broad SMARTS) is 1. The van der Waals surface area contributed by atoms with E-state index < -0.39 is 5.97 Å². The third kappa shape index (κ3) is 7.23. The zero-order valence-corrected chi connectivity index (χ0v) is 16.0. The molecule has 0 heterocycles. The third-order valence-electron chi connectivity index (χ3n) is 4.69.